The molecule has 1 amide bonds. The molecule has 0 saturated heterocycles. The number of hydrogen-bond acceptors (Lipinski definition) is 5. The lowest BCUT2D eigenvalue weighted by Crippen LogP contribution is -2.31. The van der Waals surface area contributed by atoms with E-state index in [1.807, 2.05) is 56.3 Å². The molecule has 0 aliphatic heterocycles. The number of ether oxygens (including phenoxy) is 1. The number of aromatic nitrogens is 2. The Bertz CT molecular complexity index is 925. The van der Waals surface area contributed by atoms with Crippen molar-refractivity contribution < 1.29 is 9.53 Å². The highest BCUT2D eigenvalue weighted by Gasteiger charge is 2.17. The first-order chi connectivity index (χ1) is 12.4. The summed E-state index contributed by atoms with van der Waals surface area (Å²) < 4.78 is 6.61. The zero-order valence-corrected chi connectivity index (χ0v) is 17.1. The van der Waals surface area contributed by atoms with E-state index in [2.05, 4.69) is 26.1 Å². The standard InChI is InChI=1S/C19H18BrN3O2S/c1-12-4-9-16(10-13(12)2)25-11-17(24)23(3)19-22-21-18(26-19)14-5-7-15(20)8-6-14/h4-10H,11H2,1-3H3. The minimum atomic E-state index is -0.179. The number of carbonyl (C=O) groups excluding carboxylic acids is 1. The molecule has 3 aromatic rings. The topological polar surface area (TPSA) is 55.3 Å². The zero-order valence-electron chi connectivity index (χ0n) is 14.7. The number of hydrogen-bond donors (Lipinski definition) is 0. The monoisotopic (exact) mass is 431 g/mol. The Morgan fingerprint density at radius 1 is 1.12 bits per heavy atom. The van der Waals surface area contributed by atoms with Gasteiger partial charge >= 0.3 is 0 Å². The van der Waals surface area contributed by atoms with Crippen LogP contribution in [0, 0.1) is 13.8 Å². The molecule has 134 valence electrons. The van der Waals surface area contributed by atoms with E-state index in [0.717, 1.165) is 20.6 Å². The van der Waals surface area contributed by atoms with Crippen molar-refractivity contribution in [1.82, 2.24) is 10.2 Å². The van der Waals surface area contributed by atoms with Crippen LogP contribution in [0.4, 0.5) is 5.13 Å². The predicted octanol–water partition coefficient (Wildman–Crippen LogP) is 4.63. The van der Waals surface area contributed by atoms with Crippen molar-refractivity contribution in [2.24, 2.45) is 0 Å². The molecule has 0 atom stereocenters. The molecular weight excluding hydrogens is 414 g/mol. The lowest BCUT2D eigenvalue weighted by molar-refractivity contribution is -0.120. The van der Waals surface area contributed by atoms with Crippen molar-refractivity contribution in [2.45, 2.75) is 13.8 Å². The second-order valence-corrected chi connectivity index (χ2v) is 7.76. The van der Waals surface area contributed by atoms with Crippen molar-refractivity contribution in [3.8, 4) is 16.3 Å². The fourth-order valence-corrected chi connectivity index (χ4v) is 3.31. The minimum absolute atomic E-state index is 0.0494. The van der Waals surface area contributed by atoms with Gasteiger partial charge in [0.2, 0.25) is 5.13 Å². The van der Waals surface area contributed by atoms with Crippen LogP contribution in [-0.2, 0) is 4.79 Å². The van der Waals surface area contributed by atoms with Gasteiger partial charge in [0.25, 0.3) is 5.91 Å². The molecule has 5 nitrogen and oxygen atoms in total. The number of carbonyl (C=O) groups is 1. The first kappa shape index (κ1) is 18.5. The Kier molecular flexibility index (Phi) is 5.68. The van der Waals surface area contributed by atoms with E-state index in [9.17, 15) is 4.79 Å². The highest BCUT2D eigenvalue weighted by atomic mass is 79.9. The van der Waals surface area contributed by atoms with Crippen LogP contribution in [0.25, 0.3) is 10.6 Å². The van der Waals surface area contributed by atoms with Crippen LogP contribution in [0.15, 0.2) is 46.9 Å². The summed E-state index contributed by atoms with van der Waals surface area (Å²) in [6.07, 6.45) is 0. The number of halogens is 1. The minimum Gasteiger partial charge on any atom is -0.484 e. The largest absolute Gasteiger partial charge is 0.484 e. The maximum atomic E-state index is 12.4. The van der Waals surface area contributed by atoms with E-state index in [-0.39, 0.29) is 12.5 Å². The molecule has 0 spiro atoms. The number of rotatable bonds is 5. The van der Waals surface area contributed by atoms with Gasteiger partial charge in [-0.3, -0.25) is 9.69 Å². The van der Waals surface area contributed by atoms with Gasteiger partial charge in [-0.25, -0.2) is 0 Å². The van der Waals surface area contributed by atoms with Crippen LogP contribution in [0.1, 0.15) is 11.1 Å². The molecule has 3 rings (SSSR count). The number of nitrogens with zero attached hydrogens (tertiary/aromatic N) is 3. The third kappa shape index (κ3) is 4.28. The van der Waals surface area contributed by atoms with Gasteiger partial charge in [0.05, 0.1) is 0 Å². The number of aryl methyl sites for hydroxylation is 2. The molecule has 2 aromatic carbocycles. The predicted molar refractivity (Wildman–Crippen MR) is 108 cm³/mol. The summed E-state index contributed by atoms with van der Waals surface area (Å²) in [7, 11) is 1.68. The van der Waals surface area contributed by atoms with Crippen LogP contribution in [-0.4, -0.2) is 29.8 Å². The molecule has 7 heteroatoms. The van der Waals surface area contributed by atoms with Gasteiger partial charge in [-0.05, 0) is 49.2 Å². The summed E-state index contributed by atoms with van der Waals surface area (Å²) in [4.78, 5) is 13.9. The number of benzene rings is 2. The Balaban J connectivity index is 1.65. The molecule has 1 aromatic heterocycles. The molecule has 26 heavy (non-hydrogen) atoms. The lowest BCUT2D eigenvalue weighted by Gasteiger charge is -2.14. The van der Waals surface area contributed by atoms with Gasteiger partial charge in [-0.15, -0.1) is 10.2 Å². The van der Waals surface area contributed by atoms with Crippen LogP contribution in [0.5, 0.6) is 5.75 Å². The van der Waals surface area contributed by atoms with Crippen LogP contribution in [0.3, 0.4) is 0 Å². The molecule has 0 radical (unpaired) electrons. The molecule has 0 saturated carbocycles. The molecule has 0 unspecified atom stereocenters. The van der Waals surface area contributed by atoms with Gasteiger partial charge in [0.15, 0.2) is 6.61 Å². The van der Waals surface area contributed by atoms with Crippen LogP contribution < -0.4 is 9.64 Å². The van der Waals surface area contributed by atoms with Crippen LogP contribution >= 0.6 is 27.3 Å². The third-order valence-electron chi connectivity index (χ3n) is 4.01. The number of amides is 1. The Morgan fingerprint density at radius 3 is 2.54 bits per heavy atom. The maximum Gasteiger partial charge on any atom is 0.266 e. The van der Waals surface area contributed by atoms with Crippen molar-refractivity contribution in [3.63, 3.8) is 0 Å². The molecular formula is C19H18BrN3O2S. The first-order valence-electron chi connectivity index (χ1n) is 8.00. The highest BCUT2D eigenvalue weighted by molar-refractivity contribution is 9.10. The summed E-state index contributed by atoms with van der Waals surface area (Å²) in [5.74, 6) is 0.504. The highest BCUT2D eigenvalue weighted by Crippen LogP contribution is 2.29. The Labute approximate surface area is 164 Å². The fourth-order valence-electron chi connectivity index (χ4n) is 2.21. The fraction of sp³-hybridized carbons (Fsp3) is 0.211. The molecule has 0 aliphatic rings. The van der Waals surface area contributed by atoms with Gasteiger partial charge in [0, 0.05) is 17.1 Å². The van der Waals surface area contributed by atoms with E-state index >= 15 is 0 Å². The first-order valence-corrected chi connectivity index (χ1v) is 9.61. The summed E-state index contributed by atoms with van der Waals surface area (Å²) >= 11 is 4.78. The smallest absolute Gasteiger partial charge is 0.266 e. The summed E-state index contributed by atoms with van der Waals surface area (Å²) in [6, 6.07) is 13.6. The lowest BCUT2D eigenvalue weighted by atomic mass is 10.1. The quantitative estimate of drug-likeness (QED) is 0.590. The third-order valence-corrected chi connectivity index (χ3v) is 5.58. The second-order valence-electron chi connectivity index (χ2n) is 5.88. The summed E-state index contributed by atoms with van der Waals surface area (Å²) in [5, 5.41) is 9.61. The van der Waals surface area contributed by atoms with Crippen molar-refractivity contribution in [3.05, 3.63) is 58.1 Å². The normalized spacial score (nSPS) is 10.6. The van der Waals surface area contributed by atoms with Crippen molar-refractivity contribution >= 4 is 38.3 Å². The Morgan fingerprint density at radius 2 is 1.85 bits per heavy atom. The van der Waals surface area contributed by atoms with Crippen molar-refractivity contribution in [2.75, 3.05) is 18.6 Å². The number of likely N-dealkylation sites (N-methyl/N-ethyl adjacent to an activating group) is 1. The van der Waals surface area contributed by atoms with Gasteiger partial charge in [-0.2, -0.15) is 0 Å². The maximum absolute atomic E-state index is 12.4. The number of anilines is 1. The average Bonchev–Trinajstić information content (AvgIpc) is 3.12. The van der Waals surface area contributed by atoms with E-state index in [1.54, 1.807) is 7.05 Å². The van der Waals surface area contributed by atoms with Crippen molar-refractivity contribution in [1.29, 1.82) is 0 Å². The Hall–Kier alpha value is -2.25. The van der Waals surface area contributed by atoms with E-state index < -0.39 is 0 Å². The summed E-state index contributed by atoms with van der Waals surface area (Å²) in [6.45, 7) is 4.00. The molecule has 0 bridgehead atoms. The molecule has 1 heterocycles. The van der Waals surface area contributed by atoms with Gasteiger partial charge in [0.1, 0.15) is 10.8 Å². The second kappa shape index (κ2) is 7.97. The molecule has 0 N–H and O–H groups in total. The molecule has 0 aliphatic carbocycles. The van der Waals surface area contributed by atoms with E-state index in [1.165, 1.54) is 21.8 Å². The van der Waals surface area contributed by atoms with E-state index in [4.69, 9.17) is 4.74 Å². The molecule has 0 fully saturated rings. The van der Waals surface area contributed by atoms with Gasteiger partial charge < -0.3 is 4.74 Å². The zero-order chi connectivity index (χ0) is 18.7. The summed E-state index contributed by atoms with van der Waals surface area (Å²) in [5.41, 5.74) is 3.28. The van der Waals surface area contributed by atoms with Crippen LogP contribution in [0.2, 0.25) is 0 Å². The average molecular weight is 432 g/mol. The van der Waals surface area contributed by atoms with Gasteiger partial charge in [-0.1, -0.05) is 45.5 Å². The SMILES string of the molecule is Cc1ccc(OCC(=O)N(C)c2nnc(-c3ccc(Br)cc3)s2)cc1C. The van der Waals surface area contributed by atoms with E-state index in [0.29, 0.717) is 10.9 Å².